The molecule has 0 spiro atoms. The van der Waals surface area contributed by atoms with Gasteiger partial charge in [0, 0.05) is 12.0 Å². The van der Waals surface area contributed by atoms with Gasteiger partial charge in [-0.1, -0.05) is 62.3 Å². The molecule has 0 bridgehead atoms. The van der Waals surface area contributed by atoms with Crippen molar-refractivity contribution in [3.63, 3.8) is 0 Å². The van der Waals surface area contributed by atoms with Gasteiger partial charge in [0.05, 0.1) is 12.8 Å². The van der Waals surface area contributed by atoms with Crippen molar-refractivity contribution in [1.29, 1.82) is 0 Å². The summed E-state index contributed by atoms with van der Waals surface area (Å²) in [4.78, 5) is 24.4. The highest BCUT2D eigenvalue weighted by atomic mass is 16.5. The van der Waals surface area contributed by atoms with E-state index in [0.717, 1.165) is 18.8 Å². The Morgan fingerprint density at radius 1 is 0.833 bits per heavy atom. The number of carboxylic acid groups (broad SMARTS) is 1. The molecular weight excluding hydrogens is 524 g/mol. The van der Waals surface area contributed by atoms with E-state index >= 15 is 0 Å². The summed E-state index contributed by atoms with van der Waals surface area (Å²) < 4.78 is 6.23. The SMILES string of the molecule is CC(C)[C@@H]1CC[C@]2(CO)CC[C@]3(C)[C@H](CC[C@@H]4[C@@]5(C)CC[C@H](OC(=O)CC(C)(C)CC(=O)O)C(C)(C)[C@@H]5CC[C@]43C)[C@@H]12. The van der Waals surface area contributed by atoms with Crippen LogP contribution in [-0.2, 0) is 14.3 Å². The Morgan fingerprint density at radius 2 is 1.52 bits per heavy atom. The lowest BCUT2D eigenvalue weighted by Crippen LogP contribution is -2.67. The number of carboxylic acids is 1. The van der Waals surface area contributed by atoms with E-state index in [1.54, 1.807) is 0 Å². The van der Waals surface area contributed by atoms with Gasteiger partial charge < -0.3 is 14.9 Å². The van der Waals surface area contributed by atoms with Crippen LogP contribution in [0.5, 0.6) is 0 Å². The highest BCUT2D eigenvalue weighted by Gasteiger charge is 2.71. The molecule has 5 heteroatoms. The maximum Gasteiger partial charge on any atom is 0.306 e. The molecule has 0 saturated heterocycles. The molecule has 0 aromatic carbocycles. The van der Waals surface area contributed by atoms with Crippen LogP contribution < -0.4 is 0 Å². The van der Waals surface area contributed by atoms with Gasteiger partial charge in [-0.15, -0.1) is 0 Å². The topological polar surface area (TPSA) is 83.8 Å². The lowest BCUT2D eigenvalue weighted by atomic mass is 9.32. The van der Waals surface area contributed by atoms with Crippen molar-refractivity contribution in [1.82, 2.24) is 0 Å². The highest BCUT2D eigenvalue weighted by Crippen LogP contribution is 2.77. The summed E-state index contributed by atoms with van der Waals surface area (Å²) in [5.41, 5.74) is 0.214. The number of aliphatic hydroxyl groups is 1. The fourth-order valence-electron chi connectivity index (χ4n) is 13.1. The second-order valence-electron chi connectivity index (χ2n) is 18.4. The zero-order valence-corrected chi connectivity index (χ0v) is 28.4. The molecule has 240 valence electrons. The van der Waals surface area contributed by atoms with Crippen molar-refractivity contribution >= 4 is 11.9 Å². The number of aliphatic carboxylic acids is 1. The number of ether oxygens (including phenoxy) is 1. The van der Waals surface area contributed by atoms with Crippen molar-refractivity contribution in [3.05, 3.63) is 0 Å². The molecule has 10 atom stereocenters. The van der Waals surface area contributed by atoms with E-state index in [0.29, 0.717) is 41.6 Å². The second kappa shape index (κ2) is 10.5. The Kier molecular flexibility index (Phi) is 8.06. The molecule has 0 radical (unpaired) electrons. The number of carbonyl (C=O) groups excluding carboxylic acids is 1. The molecule has 5 fully saturated rings. The Morgan fingerprint density at radius 3 is 2.14 bits per heavy atom. The standard InChI is InChI=1S/C37H62O5/c1-23(2)24-12-17-37(22-38)19-18-35(8)25(31(24)37)10-11-27-34(7)15-14-28(33(5,6)26(34)13-16-36(27,35)9)42-30(41)21-32(3,4)20-29(39)40/h23-28,31,38H,10-22H2,1-9H3,(H,39,40)/t24-,25+,26-,27+,28-,31+,34-,35+,36+,37+/m0/s1. The van der Waals surface area contributed by atoms with Gasteiger partial charge in [0.2, 0.25) is 0 Å². The summed E-state index contributed by atoms with van der Waals surface area (Å²) in [5.74, 6) is 2.81. The first-order valence-corrected chi connectivity index (χ1v) is 17.4. The number of carbonyl (C=O) groups is 2. The fraction of sp³-hybridized carbons (Fsp3) is 0.946. The van der Waals surface area contributed by atoms with E-state index in [1.165, 1.54) is 51.4 Å². The van der Waals surface area contributed by atoms with E-state index < -0.39 is 11.4 Å². The molecular formula is C37H62O5. The second-order valence-corrected chi connectivity index (χ2v) is 18.4. The van der Waals surface area contributed by atoms with Crippen LogP contribution in [0.2, 0.25) is 0 Å². The van der Waals surface area contributed by atoms with Gasteiger partial charge in [-0.25, -0.2) is 0 Å². The monoisotopic (exact) mass is 586 g/mol. The van der Waals surface area contributed by atoms with Crippen LogP contribution in [0.3, 0.4) is 0 Å². The summed E-state index contributed by atoms with van der Waals surface area (Å²) in [6, 6.07) is 0. The molecule has 0 heterocycles. The Hall–Kier alpha value is -1.10. The molecule has 0 aromatic rings. The summed E-state index contributed by atoms with van der Waals surface area (Å²) in [6.07, 6.45) is 11.9. The van der Waals surface area contributed by atoms with E-state index in [4.69, 9.17) is 4.74 Å². The third-order valence-electron chi connectivity index (χ3n) is 15.3. The van der Waals surface area contributed by atoms with Crippen molar-refractivity contribution in [2.45, 2.75) is 145 Å². The molecule has 5 aliphatic carbocycles. The first-order valence-electron chi connectivity index (χ1n) is 17.4. The molecule has 5 nitrogen and oxygen atoms in total. The number of rotatable bonds is 7. The summed E-state index contributed by atoms with van der Waals surface area (Å²) >= 11 is 0. The zero-order valence-electron chi connectivity index (χ0n) is 28.4. The zero-order chi connectivity index (χ0) is 31.1. The van der Waals surface area contributed by atoms with Gasteiger partial charge in [0.15, 0.2) is 0 Å². The van der Waals surface area contributed by atoms with Crippen molar-refractivity contribution in [2.75, 3.05) is 6.61 Å². The third-order valence-corrected chi connectivity index (χ3v) is 15.3. The van der Waals surface area contributed by atoms with E-state index in [1.807, 2.05) is 13.8 Å². The molecule has 5 aliphatic rings. The van der Waals surface area contributed by atoms with Crippen LogP contribution in [0.1, 0.15) is 139 Å². The van der Waals surface area contributed by atoms with Crippen LogP contribution >= 0.6 is 0 Å². The van der Waals surface area contributed by atoms with Gasteiger partial charge >= 0.3 is 11.9 Å². The predicted molar refractivity (Wildman–Crippen MR) is 167 cm³/mol. The van der Waals surface area contributed by atoms with Crippen molar-refractivity contribution in [2.24, 2.45) is 68.0 Å². The minimum atomic E-state index is -0.872. The predicted octanol–water partition coefficient (Wildman–Crippen LogP) is 8.52. The maximum atomic E-state index is 13.1. The fourth-order valence-corrected chi connectivity index (χ4v) is 13.1. The third kappa shape index (κ3) is 4.71. The van der Waals surface area contributed by atoms with Crippen LogP contribution in [0.4, 0.5) is 0 Å². The van der Waals surface area contributed by atoms with Gasteiger partial charge in [0.25, 0.3) is 0 Å². The van der Waals surface area contributed by atoms with Gasteiger partial charge in [0.1, 0.15) is 6.10 Å². The number of aliphatic hydroxyl groups excluding tert-OH is 1. The lowest BCUT2D eigenvalue weighted by Gasteiger charge is -2.73. The number of hydrogen-bond donors (Lipinski definition) is 2. The highest BCUT2D eigenvalue weighted by molar-refractivity contribution is 5.73. The van der Waals surface area contributed by atoms with Crippen LogP contribution in [0, 0.1) is 68.0 Å². The molecule has 5 saturated carbocycles. The normalized spacial score (nSPS) is 46.3. The minimum absolute atomic E-state index is 0.0327. The number of hydrogen-bond acceptors (Lipinski definition) is 4. The molecule has 0 aromatic heterocycles. The average Bonchev–Trinajstić information content (AvgIpc) is 3.25. The molecule has 2 N–H and O–H groups in total. The summed E-state index contributed by atoms with van der Waals surface area (Å²) in [7, 11) is 0. The average molecular weight is 587 g/mol. The Labute approximate surface area is 256 Å². The first-order chi connectivity index (χ1) is 19.4. The lowest BCUT2D eigenvalue weighted by molar-refractivity contribution is -0.253. The van der Waals surface area contributed by atoms with Crippen molar-refractivity contribution in [3.8, 4) is 0 Å². The smallest absolute Gasteiger partial charge is 0.306 e. The molecule has 5 rings (SSSR count). The quantitative estimate of drug-likeness (QED) is 0.292. The summed E-state index contributed by atoms with van der Waals surface area (Å²) in [5, 5.41) is 20.1. The van der Waals surface area contributed by atoms with Gasteiger partial charge in [-0.05, 0) is 127 Å². The Bertz CT molecular complexity index is 1060. The first kappa shape index (κ1) is 32.3. The Balaban J connectivity index is 1.38. The molecule has 0 amide bonds. The van der Waals surface area contributed by atoms with Crippen LogP contribution in [0.15, 0.2) is 0 Å². The van der Waals surface area contributed by atoms with Crippen molar-refractivity contribution < 1.29 is 24.5 Å². The van der Waals surface area contributed by atoms with Gasteiger partial charge in [-0.3, -0.25) is 9.59 Å². The van der Waals surface area contributed by atoms with E-state index in [-0.39, 0.29) is 46.6 Å². The van der Waals surface area contributed by atoms with Gasteiger partial charge in [-0.2, -0.15) is 0 Å². The van der Waals surface area contributed by atoms with Crippen LogP contribution in [0.25, 0.3) is 0 Å². The molecule has 0 unspecified atom stereocenters. The molecule has 42 heavy (non-hydrogen) atoms. The van der Waals surface area contributed by atoms with E-state index in [9.17, 15) is 19.8 Å². The minimum Gasteiger partial charge on any atom is -0.481 e. The maximum absolute atomic E-state index is 13.1. The largest absolute Gasteiger partial charge is 0.481 e. The van der Waals surface area contributed by atoms with E-state index in [2.05, 4.69) is 48.5 Å². The summed E-state index contributed by atoms with van der Waals surface area (Å²) in [6.45, 7) is 21.5. The van der Waals surface area contributed by atoms with Crippen LogP contribution in [-0.4, -0.2) is 34.9 Å². The number of fused-ring (bicyclic) bond motifs is 7. The molecule has 0 aliphatic heterocycles. The number of esters is 1.